The third-order valence-corrected chi connectivity index (χ3v) is 5.05. The maximum atomic E-state index is 12.9. The first kappa shape index (κ1) is 25.9. The molecule has 7 nitrogen and oxygen atoms in total. The van der Waals surface area contributed by atoms with Crippen molar-refractivity contribution in [1.82, 2.24) is 25.4 Å². The predicted octanol–water partition coefficient (Wildman–Crippen LogP) is 3.32. The fourth-order valence-electron chi connectivity index (χ4n) is 3.17. The van der Waals surface area contributed by atoms with Crippen LogP contribution in [0.1, 0.15) is 50.7 Å². The molecule has 0 amide bonds. The largest absolute Gasteiger partial charge is 0.391 e. The van der Waals surface area contributed by atoms with E-state index in [1.807, 2.05) is 25.5 Å². The van der Waals surface area contributed by atoms with Crippen LogP contribution in [0.3, 0.4) is 0 Å². The molecule has 0 radical (unpaired) electrons. The van der Waals surface area contributed by atoms with Crippen molar-refractivity contribution in [3.05, 3.63) is 11.6 Å². The molecule has 1 fully saturated rings. The molecule has 1 aliphatic rings. The Bertz CT molecular complexity index is 630. The highest BCUT2D eigenvalue weighted by molar-refractivity contribution is 14.0. The van der Waals surface area contributed by atoms with Gasteiger partial charge in [0.25, 0.3) is 0 Å². The molecule has 0 unspecified atom stereocenters. The SMILES string of the molecule is CCOCCCNC(=NCc1nnc(C)n1C)NC1CCC(C(F)(F)F)CC1.I. The summed E-state index contributed by atoms with van der Waals surface area (Å²) in [6.07, 6.45) is -2.01. The number of alkyl halides is 3. The second kappa shape index (κ2) is 12.6. The van der Waals surface area contributed by atoms with E-state index in [-0.39, 0.29) is 42.9 Å². The van der Waals surface area contributed by atoms with Gasteiger partial charge in [-0.15, -0.1) is 34.2 Å². The summed E-state index contributed by atoms with van der Waals surface area (Å²) in [5.74, 6) is 0.933. The molecule has 1 aromatic rings. The molecule has 1 saturated carbocycles. The van der Waals surface area contributed by atoms with Crippen LogP contribution in [0.4, 0.5) is 13.2 Å². The van der Waals surface area contributed by atoms with E-state index in [4.69, 9.17) is 4.74 Å². The van der Waals surface area contributed by atoms with Gasteiger partial charge < -0.3 is 19.9 Å². The Morgan fingerprint density at radius 2 is 1.93 bits per heavy atom. The van der Waals surface area contributed by atoms with Crippen LogP contribution in [0.25, 0.3) is 0 Å². The fraction of sp³-hybridized carbons (Fsp3) is 0.833. The molecule has 0 bridgehead atoms. The lowest BCUT2D eigenvalue weighted by molar-refractivity contribution is -0.182. The summed E-state index contributed by atoms with van der Waals surface area (Å²) in [4.78, 5) is 4.56. The normalized spacial score (nSPS) is 20.3. The summed E-state index contributed by atoms with van der Waals surface area (Å²) < 4.78 is 45.8. The molecule has 1 heterocycles. The lowest BCUT2D eigenvalue weighted by Crippen LogP contribution is -2.46. The molecule has 0 saturated heterocycles. The molecule has 2 N–H and O–H groups in total. The molecular weight excluding hydrogens is 500 g/mol. The van der Waals surface area contributed by atoms with Gasteiger partial charge in [0.05, 0.1) is 5.92 Å². The minimum absolute atomic E-state index is 0. The molecule has 0 spiro atoms. The summed E-state index contributed by atoms with van der Waals surface area (Å²) in [5.41, 5.74) is 0. The molecule has 1 aliphatic carbocycles. The van der Waals surface area contributed by atoms with Crippen molar-refractivity contribution in [2.45, 2.75) is 64.7 Å². The number of nitrogens with zero attached hydrogens (tertiary/aromatic N) is 4. The Kier molecular flexibility index (Phi) is 11.2. The van der Waals surface area contributed by atoms with E-state index in [2.05, 4.69) is 25.8 Å². The number of guanidine groups is 1. The van der Waals surface area contributed by atoms with E-state index in [0.29, 0.717) is 45.1 Å². The van der Waals surface area contributed by atoms with Gasteiger partial charge in [-0.05, 0) is 46.0 Å². The second-order valence-electron chi connectivity index (χ2n) is 7.10. The topological polar surface area (TPSA) is 76.4 Å². The predicted molar refractivity (Wildman–Crippen MR) is 116 cm³/mol. The van der Waals surface area contributed by atoms with E-state index in [9.17, 15) is 13.2 Å². The Morgan fingerprint density at radius 3 is 2.48 bits per heavy atom. The highest BCUT2D eigenvalue weighted by atomic mass is 127. The second-order valence-corrected chi connectivity index (χ2v) is 7.10. The third-order valence-electron chi connectivity index (χ3n) is 5.05. The number of aliphatic imine (C=N–C) groups is 1. The number of rotatable bonds is 8. The van der Waals surface area contributed by atoms with Gasteiger partial charge in [0.1, 0.15) is 12.4 Å². The number of halogens is 4. The van der Waals surface area contributed by atoms with Crippen LogP contribution in [0.2, 0.25) is 0 Å². The van der Waals surface area contributed by atoms with Crippen molar-refractivity contribution in [2.24, 2.45) is 18.0 Å². The van der Waals surface area contributed by atoms with Crippen molar-refractivity contribution in [2.75, 3.05) is 19.8 Å². The monoisotopic (exact) mass is 532 g/mol. The van der Waals surface area contributed by atoms with Gasteiger partial charge in [0.2, 0.25) is 0 Å². The van der Waals surface area contributed by atoms with Crippen LogP contribution in [0.15, 0.2) is 4.99 Å². The third kappa shape index (κ3) is 8.65. The van der Waals surface area contributed by atoms with Crippen LogP contribution in [-0.4, -0.2) is 52.7 Å². The quantitative estimate of drug-likeness (QED) is 0.233. The Balaban J connectivity index is 0.00000420. The van der Waals surface area contributed by atoms with E-state index in [1.165, 1.54) is 0 Å². The maximum Gasteiger partial charge on any atom is 0.391 e. The first-order valence-electron chi connectivity index (χ1n) is 9.85. The van der Waals surface area contributed by atoms with Crippen LogP contribution in [0, 0.1) is 12.8 Å². The van der Waals surface area contributed by atoms with E-state index >= 15 is 0 Å². The van der Waals surface area contributed by atoms with Gasteiger partial charge in [-0.2, -0.15) is 13.2 Å². The molecule has 2 rings (SSSR count). The molecule has 0 aromatic carbocycles. The van der Waals surface area contributed by atoms with Crippen molar-refractivity contribution in [3.8, 4) is 0 Å². The zero-order chi connectivity index (χ0) is 20.6. The minimum Gasteiger partial charge on any atom is -0.382 e. The Morgan fingerprint density at radius 1 is 1.24 bits per heavy atom. The minimum atomic E-state index is -4.09. The van der Waals surface area contributed by atoms with Crippen LogP contribution < -0.4 is 10.6 Å². The van der Waals surface area contributed by atoms with Crippen LogP contribution in [-0.2, 0) is 18.3 Å². The lowest BCUT2D eigenvalue weighted by Gasteiger charge is -2.31. The Hall–Kier alpha value is -1.11. The number of aryl methyl sites for hydroxylation is 1. The van der Waals surface area contributed by atoms with Gasteiger partial charge in [0, 0.05) is 32.8 Å². The van der Waals surface area contributed by atoms with Crippen LogP contribution in [0.5, 0.6) is 0 Å². The maximum absolute atomic E-state index is 12.9. The summed E-state index contributed by atoms with van der Waals surface area (Å²) >= 11 is 0. The zero-order valence-electron chi connectivity index (χ0n) is 17.3. The Labute approximate surface area is 187 Å². The highest BCUT2D eigenvalue weighted by Crippen LogP contribution is 2.37. The van der Waals surface area contributed by atoms with Crippen molar-refractivity contribution in [3.63, 3.8) is 0 Å². The van der Waals surface area contributed by atoms with Gasteiger partial charge >= 0.3 is 6.18 Å². The molecule has 11 heteroatoms. The highest BCUT2D eigenvalue weighted by Gasteiger charge is 2.41. The zero-order valence-corrected chi connectivity index (χ0v) is 19.6. The smallest absolute Gasteiger partial charge is 0.382 e. The number of hydrogen-bond acceptors (Lipinski definition) is 4. The fourth-order valence-corrected chi connectivity index (χ4v) is 3.17. The van der Waals surface area contributed by atoms with Crippen molar-refractivity contribution < 1.29 is 17.9 Å². The number of hydrogen-bond donors (Lipinski definition) is 2. The average Bonchev–Trinajstić information content (AvgIpc) is 2.97. The molecular formula is C18H32F3IN6O. The summed E-state index contributed by atoms with van der Waals surface area (Å²) in [5, 5.41) is 14.6. The molecule has 29 heavy (non-hydrogen) atoms. The average molecular weight is 532 g/mol. The molecule has 1 aromatic heterocycles. The van der Waals surface area contributed by atoms with Crippen LogP contribution >= 0.6 is 24.0 Å². The standard InChI is InChI=1S/C18H31F3N6O.HI/c1-4-28-11-5-10-22-17(23-12-16-26-25-13(2)27(16)3)24-15-8-6-14(7-9-15)18(19,20)21;/h14-15H,4-12H2,1-3H3,(H2,22,23,24);1H. The van der Waals surface area contributed by atoms with Crippen molar-refractivity contribution in [1.29, 1.82) is 0 Å². The number of ether oxygens (including phenoxy) is 1. The number of nitrogens with one attached hydrogen (secondary N) is 2. The van der Waals surface area contributed by atoms with E-state index < -0.39 is 12.1 Å². The lowest BCUT2D eigenvalue weighted by atomic mass is 9.85. The summed E-state index contributed by atoms with van der Waals surface area (Å²) in [6, 6.07) is -0.0158. The van der Waals surface area contributed by atoms with E-state index in [1.54, 1.807) is 0 Å². The molecule has 0 aliphatic heterocycles. The van der Waals surface area contributed by atoms with E-state index in [0.717, 1.165) is 18.1 Å². The number of aromatic nitrogens is 3. The first-order chi connectivity index (χ1) is 13.3. The summed E-state index contributed by atoms with van der Waals surface area (Å²) in [7, 11) is 1.88. The summed E-state index contributed by atoms with van der Waals surface area (Å²) in [6.45, 7) is 6.15. The van der Waals surface area contributed by atoms with Gasteiger partial charge in [-0.25, -0.2) is 4.99 Å². The van der Waals surface area contributed by atoms with Gasteiger partial charge in [-0.3, -0.25) is 0 Å². The van der Waals surface area contributed by atoms with Gasteiger partial charge in [0.15, 0.2) is 11.8 Å². The van der Waals surface area contributed by atoms with Gasteiger partial charge in [-0.1, -0.05) is 0 Å². The molecule has 0 atom stereocenters. The molecule has 168 valence electrons. The van der Waals surface area contributed by atoms with Crippen molar-refractivity contribution >= 4 is 29.9 Å². The first-order valence-corrected chi connectivity index (χ1v) is 9.85.